The van der Waals surface area contributed by atoms with Gasteiger partial charge in [-0.15, -0.1) is 0 Å². The molecule has 4 nitrogen and oxygen atoms in total. The van der Waals surface area contributed by atoms with Crippen molar-refractivity contribution in [3.05, 3.63) is 60.7 Å². The number of hydrogen-bond acceptors (Lipinski definition) is 4. The smallest absolute Gasteiger partial charge is 0.119 e. The molecule has 21 heavy (non-hydrogen) atoms. The van der Waals surface area contributed by atoms with Gasteiger partial charge in [0, 0.05) is 12.2 Å². The first-order valence-electron chi connectivity index (χ1n) is 7.07. The molecule has 0 aliphatic heterocycles. The van der Waals surface area contributed by atoms with E-state index in [4.69, 9.17) is 9.47 Å². The quantitative estimate of drug-likeness (QED) is 0.696. The minimum absolute atomic E-state index is 0.290. The second-order valence-electron chi connectivity index (χ2n) is 4.64. The molecule has 0 heterocycles. The Bertz CT molecular complexity index is 490. The lowest BCUT2D eigenvalue weighted by molar-refractivity contribution is 0.0304. The highest BCUT2D eigenvalue weighted by molar-refractivity contribution is 5.42. The van der Waals surface area contributed by atoms with Gasteiger partial charge in [-0.3, -0.25) is 0 Å². The summed E-state index contributed by atoms with van der Waals surface area (Å²) in [7, 11) is 0. The van der Waals surface area contributed by atoms with Gasteiger partial charge in [0.15, 0.2) is 0 Å². The Balaban J connectivity index is 1.52. The van der Waals surface area contributed by atoms with Crippen LogP contribution in [0.3, 0.4) is 0 Å². The zero-order valence-corrected chi connectivity index (χ0v) is 11.9. The number of anilines is 1. The fraction of sp³-hybridized carbons (Fsp3) is 0.294. The summed E-state index contributed by atoms with van der Waals surface area (Å²) in [6.45, 7) is 1.68. The molecular formula is C17H21NO3. The Morgan fingerprint density at radius 3 is 2.29 bits per heavy atom. The maximum Gasteiger partial charge on any atom is 0.119 e. The van der Waals surface area contributed by atoms with E-state index in [-0.39, 0.29) is 6.61 Å². The van der Waals surface area contributed by atoms with Crippen LogP contribution >= 0.6 is 0 Å². The van der Waals surface area contributed by atoms with Crippen molar-refractivity contribution in [2.24, 2.45) is 0 Å². The fourth-order valence-corrected chi connectivity index (χ4v) is 1.81. The lowest BCUT2D eigenvalue weighted by Gasteiger charge is -2.13. The third-order valence-corrected chi connectivity index (χ3v) is 2.87. The summed E-state index contributed by atoms with van der Waals surface area (Å²) in [4.78, 5) is 0. The Kier molecular flexibility index (Phi) is 6.58. The number of aliphatic hydroxyl groups is 1. The number of ether oxygens (including phenoxy) is 2. The van der Waals surface area contributed by atoms with Crippen LogP contribution < -0.4 is 10.1 Å². The van der Waals surface area contributed by atoms with Crippen LogP contribution in [0.1, 0.15) is 0 Å². The molecule has 0 aliphatic rings. The van der Waals surface area contributed by atoms with Crippen molar-refractivity contribution in [2.75, 3.05) is 31.7 Å². The zero-order chi connectivity index (χ0) is 14.8. The number of para-hydroxylation sites is 2. The number of benzene rings is 2. The molecule has 2 aromatic carbocycles. The zero-order valence-electron chi connectivity index (χ0n) is 11.9. The molecule has 4 heteroatoms. The molecule has 0 spiro atoms. The van der Waals surface area contributed by atoms with E-state index >= 15 is 0 Å². The summed E-state index contributed by atoms with van der Waals surface area (Å²) >= 11 is 0. The van der Waals surface area contributed by atoms with Gasteiger partial charge >= 0.3 is 0 Å². The Morgan fingerprint density at radius 1 is 0.905 bits per heavy atom. The molecule has 0 amide bonds. The molecular weight excluding hydrogens is 266 g/mol. The first-order chi connectivity index (χ1) is 10.3. The highest BCUT2D eigenvalue weighted by atomic mass is 16.5. The van der Waals surface area contributed by atoms with Gasteiger partial charge in [0.1, 0.15) is 12.4 Å². The fourth-order valence-electron chi connectivity index (χ4n) is 1.81. The summed E-state index contributed by atoms with van der Waals surface area (Å²) in [6, 6.07) is 19.4. The first kappa shape index (κ1) is 15.4. The number of hydrogen-bond donors (Lipinski definition) is 2. The molecule has 0 aromatic heterocycles. The average molecular weight is 287 g/mol. The van der Waals surface area contributed by atoms with E-state index in [1.54, 1.807) is 0 Å². The summed E-state index contributed by atoms with van der Waals surface area (Å²) in [6.07, 6.45) is -0.540. The van der Waals surface area contributed by atoms with Gasteiger partial charge in [-0.25, -0.2) is 0 Å². The topological polar surface area (TPSA) is 50.7 Å². The highest BCUT2D eigenvalue weighted by Crippen LogP contribution is 2.07. The molecule has 0 saturated carbocycles. The van der Waals surface area contributed by atoms with Crippen LogP contribution in [0.25, 0.3) is 0 Å². The van der Waals surface area contributed by atoms with Crippen molar-refractivity contribution in [2.45, 2.75) is 6.10 Å². The third kappa shape index (κ3) is 6.29. The van der Waals surface area contributed by atoms with Crippen LogP contribution in [0.2, 0.25) is 0 Å². The molecule has 0 saturated heterocycles. The van der Waals surface area contributed by atoms with Crippen molar-refractivity contribution in [1.82, 2.24) is 0 Å². The van der Waals surface area contributed by atoms with Crippen molar-refractivity contribution >= 4 is 5.69 Å². The minimum atomic E-state index is -0.540. The SMILES string of the molecule is OC(CNc1ccccc1)COCCOc1ccccc1. The largest absolute Gasteiger partial charge is 0.491 e. The Hall–Kier alpha value is -2.04. The van der Waals surface area contributed by atoms with Gasteiger partial charge < -0.3 is 19.9 Å². The van der Waals surface area contributed by atoms with Gasteiger partial charge in [0.25, 0.3) is 0 Å². The Labute approximate surface area is 125 Å². The highest BCUT2D eigenvalue weighted by Gasteiger charge is 2.04. The van der Waals surface area contributed by atoms with Crippen LogP contribution in [0.4, 0.5) is 5.69 Å². The van der Waals surface area contributed by atoms with Crippen molar-refractivity contribution in [3.63, 3.8) is 0 Å². The standard InChI is InChI=1S/C17H21NO3/c19-16(13-18-15-7-3-1-4-8-15)14-20-11-12-21-17-9-5-2-6-10-17/h1-10,16,18-19H,11-14H2. The first-order valence-corrected chi connectivity index (χ1v) is 7.07. The molecule has 1 unspecified atom stereocenters. The molecule has 0 aliphatic carbocycles. The van der Waals surface area contributed by atoms with Crippen LogP contribution in [-0.2, 0) is 4.74 Å². The van der Waals surface area contributed by atoms with Crippen LogP contribution in [-0.4, -0.2) is 37.6 Å². The lowest BCUT2D eigenvalue weighted by Crippen LogP contribution is -2.25. The molecule has 0 bridgehead atoms. The van der Waals surface area contributed by atoms with E-state index in [9.17, 15) is 5.11 Å². The van der Waals surface area contributed by atoms with Gasteiger partial charge in [-0.05, 0) is 24.3 Å². The van der Waals surface area contributed by atoms with E-state index < -0.39 is 6.10 Å². The molecule has 2 aromatic rings. The normalized spacial score (nSPS) is 11.9. The van der Waals surface area contributed by atoms with E-state index in [0.717, 1.165) is 11.4 Å². The lowest BCUT2D eigenvalue weighted by atomic mass is 10.3. The van der Waals surface area contributed by atoms with Crippen LogP contribution in [0.15, 0.2) is 60.7 Å². The molecule has 2 N–H and O–H groups in total. The maximum absolute atomic E-state index is 9.80. The number of rotatable bonds is 9. The second-order valence-corrected chi connectivity index (χ2v) is 4.64. The summed E-state index contributed by atoms with van der Waals surface area (Å²) < 4.78 is 10.9. The molecule has 1 atom stereocenters. The van der Waals surface area contributed by atoms with Gasteiger partial charge in [0.05, 0.1) is 19.3 Å². The predicted molar refractivity (Wildman–Crippen MR) is 83.7 cm³/mol. The van der Waals surface area contributed by atoms with Gasteiger partial charge in [-0.2, -0.15) is 0 Å². The molecule has 0 radical (unpaired) electrons. The van der Waals surface area contributed by atoms with Gasteiger partial charge in [-0.1, -0.05) is 36.4 Å². The van der Waals surface area contributed by atoms with E-state index in [1.165, 1.54) is 0 Å². The van der Waals surface area contributed by atoms with E-state index in [2.05, 4.69) is 5.32 Å². The van der Waals surface area contributed by atoms with E-state index in [0.29, 0.717) is 19.8 Å². The second kappa shape index (κ2) is 9.00. The van der Waals surface area contributed by atoms with Crippen LogP contribution in [0, 0.1) is 0 Å². The van der Waals surface area contributed by atoms with Crippen molar-refractivity contribution in [3.8, 4) is 5.75 Å². The van der Waals surface area contributed by atoms with Crippen LogP contribution in [0.5, 0.6) is 5.75 Å². The number of aliphatic hydroxyl groups excluding tert-OH is 1. The maximum atomic E-state index is 9.80. The Morgan fingerprint density at radius 2 is 1.57 bits per heavy atom. The van der Waals surface area contributed by atoms with Crippen molar-refractivity contribution in [1.29, 1.82) is 0 Å². The summed E-state index contributed by atoms with van der Waals surface area (Å²) in [5.41, 5.74) is 0.990. The van der Waals surface area contributed by atoms with Crippen molar-refractivity contribution < 1.29 is 14.6 Å². The molecule has 2 rings (SSSR count). The van der Waals surface area contributed by atoms with Gasteiger partial charge in [0.2, 0.25) is 0 Å². The number of nitrogens with one attached hydrogen (secondary N) is 1. The average Bonchev–Trinajstić information content (AvgIpc) is 2.54. The third-order valence-electron chi connectivity index (χ3n) is 2.87. The monoisotopic (exact) mass is 287 g/mol. The minimum Gasteiger partial charge on any atom is -0.491 e. The summed E-state index contributed by atoms with van der Waals surface area (Å²) in [5.74, 6) is 0.826. The molecule has 0 fully saturated rings. The molecule has 112 valence electrons. The summed E-state index contributed by atoms with van der Waals surface area (Å²) in [5, 5.41) is 12.9. The van der Waals surface area contributed by atoms with E-state index in [1.807, 2.05) is 60.7 Å². The predicted octanol–water partition coefficient (Wildman–Crippen LogP) is 2.56.